The molecule has 1 amide bonds. The van der Waals surface area contributed by atoms with Gasteiger partial charge in [0.1, 0.15) is 0 Å². The molecule has 7 heteroatoms. The van der Waals surface area contributed by atoms with Crippen LogP contribution in [0, 0.1) is 5.95 Å². The first-order valence-electron chi connectivity index (χ1n) is 5.44. The topological polar surface area (TPSA) is 79.3 Å². The molecule has 0 radical (unpaired) electrons. The number of carbonyl (C=O) groups excluding carboxylic acids is 1. The highest BCUT2D eigenvalue weighted by molar-refractivity contribution is 6.34. The highest BCUT2D eigenvalue weighted by atomic mass is 35.5. The lowest BCUT2D eigenvalue weighted by atomic mass is 10.1. The lowest BCUT2D eigenvalue weighted by molar-refractivity contribution is 0.0698. The van der Waals surface area contributed by atoms with Gasteiger partial charge in [-0.3, -0.25) is 4.79 Å². The molecular formula is C13H8ClFN2O3. The summed E-state index contributed by atoms with van der Waals surface area (Å²) >= 11 is 5.86. The average Bonchev–Trinajstić information content (AvgIpc) is 2.41. The quantitative estimate of drug-likeness (QED) is 0.853. The molecule has 0 saturated heterocycles. The van der Waals surface area contributed by atoms with Crippen LogP contribution in [0.2, 0.25) is 5.02 Å². The number of para-hydroxylation sites is 1. The number of carboxylic acid groups (broad SMARTS) is 1. The van der Waals surface area contributed by atoms with Crippen LogP contribution in [0.5, 0.6) is 0 Å². The minimum absolute atomic E-state index is 0.0440. The third-order valence-corrected chi connectivity index (χ3v) is 2.80. The Labute approximate surface area is 118 Å². The number of pyridine rings is 1. The summed E-state index contributed by atoms with van der Waals surface area (Å²) < 4.78 is 13.4. The van der Waals surface area contributed by atoms with Crippen molar-refractivity contribution in [1.82, 2.24) is 4.98 Å². The number of halogens is 2. The van der Waals surface area contributed by atoms with Gasteiger partial charge in [-0.05, 0) is 24.3 Å². The summed E-state index contributed by atoms with van der Waals surface area (Å²) in [4.78, 5) is 26.3. The van der Waals surface area contributed by atoms with E-state index in [1.165, 1.54) is 36.5 Å². The monoisotopic (exact) mass is 294 g/mol. The van der Waals surface area contributed by atoms with Crippen LogP contribution >= 0.6 is 11.6 Å². The molecule has 1 aromatic carbocycles. The highest BCUT2D eigenvalue weighted by Gasteiger charge is 2.18. The van der Waals surface area contributed by atoms with Crippen LogP contribution in [0.25, 0.3) is 0 Å². The van der Waals surface area contributed by atoms with Gasteiger partial charge in [-0.15, -0.1) is 0 Å². The second-order valence-electron chi connectivity index (χ2n) is 3.76. The minimum atomic E-state index is -1.26. The number of nitrogens with one attached hydrogen (secondary N) is 1. The van der Waals surface area contributed by atoms with Gasteiger partial charge >= 0.3 is 5.97 Å². The van der Waals surface area contributed by atoms with Gasteiger partial charge in [0, 0.05) is 6.20 Å². The number of rotatable bonds is 3. The molecule has 0 bridgehead atoms. The van der Waals surface area contributed by atoms with Gasteiger partial charge < -0.3 is 10.4 Å². The number of carboxylic acids is 1. The molecule has 2 rings (SSSR count). The molecule has 20 heavy (non-hydrogen) atoms. The number of aromatic carboxylic acids is 1. The Morgan fingerprint density at radius 3 is 2.55 bits per heavy atom. The third-order valence-electron chi connectivity index (χ3n) is 2.49. The van der Waals surface area contributed by atoms with E-state index >= 15 is 0 Å². The van der Waals surface area contributed by atoms with Crippen LogP contribution in [-0.4, -0.2) is 22.0 Å². The van der Waals surface area contributed by atoms with Crippen molar-refractivity contribution in [3.05, 3.63) is 58.6 Å². The van der Waals surface area contributed by atoms with Gasteiger partial charge in [0.25, 0.3) is 5.91 Å². The fourth-order valence-corrected chi connectivity index (χ4v) is 1.79. The van der Waals surface area contributed by atoms with Crippen LogP contribution in [0.15, 0.2) is 36.5 Å². The molecular weight excluding hydrogens is 287 g/mol. The molecule has 0 saturated carbocycles. The van der Waals surface area contributed by atoms with E-state index in [9.17, 15) is 14.0 Å². The maximum atomic E-state index is 13.4. The SMILES string of the molecule is O=C(Nc1c(Cl)cccc1C(=O)O)c1cccnc1F. The Hall–Kier alpha value is -2.47. The van der Waals surface area contributed by atoms with Crippen molar-refractivity contribution in [2.45, 2.75) is 0 Å². The molecule has 5 nitrogen and oxygen atoms in total. The standard InChI is InChI=1S/C13H8ClFN2O3/c14-9-5-1-3-7(13(19)20)10(9)17-12(18)8-4-2-6-16-11(8)15/h1-6H,(H,17,18)(H,19,20). The van der Waals surface area contributed by atoms with Gasteiger partial charge in [0.2, 0.25) is 5.95 Å². The Balaban J connectivity index is 2.38. The Morgan fingerprint density at radius 1 is 1.20 bits per heavy atom. The van der Waals surface area contributed by atoms with Crippen molar-refractivity contribution in [3.8, 4) is 0 Å². The summed E-state index contributed by atoms with van der Waals surface area (Å²) in [7, 11) is 0. The minimum Gasteiger partial charge on any atom is -0.478 e. The van der Waals surface area contributed by atoms with Gasteiger partial charge in [-0.1, -0.05) is 17.7 Å². The molecule has 0 fully saturated rings. The van der Waals surface area contributed by atoms with Crippen molar-refractivity contribution in [2.75, 3.05) is 5.32 Å². The molecule has 0 aliphatic heterocycles. The molecule has 1 aromatic heterocycles. The van der Waals surface area contributed by atoms with Gasteiger partial charge in [0.05, 0.1) is 21.8 Å². The van der Waals surface area contributed by atoms with Gasteiger partial charge in [-0.2, -0.15) is 4.39 Å². The normalized spacial score (nSPS) is 10.1. The summed E-state index contributed by atoms with van der Waals surface area (Å²) in [5, 5.41) is 11.4. The van der Waals surface area contributed by atoms with Gasteiger partial charge in [-0.25, -0.2) is 9.78 Å². The van der Waals surface area contributed by atoms with Gasteiger partial charge in [0.15, 0.2) is 0 Å². The number of hydrogen-bond acceptors (Lipinski definition) is 3. The summed E-state index contributed by atoms with van der Waals surface area (Å²) in [5.41, 5.74) is -0.575. The van der Waals surface area contributed by atoms with E-state index in [0.29, 0.717) is 0 Å². The first kappa shape index (κ1) is 14.0. The molecule has 1 heterocycles. The lowest BCUT2D eigenvalue weighted by Crippen LogP contribution is -2.17. The van der Waals surface area contributed by atoms with Crippen molar-refractivity contribution < 1.29 is 19.1 Å². The number of hydrogen-bond donors (Lipinski definition) is 2. The van der Waals surface area contributed by atoms with Crippen molar-refractivity contribution in [2.24, 2.45) is 0 Å². The number of anilines is 1. The number of aromatic nitrogens is 1. The van der Waals surface area contributed by atoms with Crippen molar-refractivity contribution in [1.29, 1.82) is 0 Å². The van der Waals surface area contributed by atoms with E-state index in [0.717, 1.165) is 0 Å². The van der Waals surface area contributed by atoms with E-state index in [4.69, 9.17) is 16.7 Å². The van der Waals surface area contributed by atoms with E-state index in [-0.39, 0.29) is 21.8 Å². The Kier molecular flexibility index (Phi) is 3.95. The Bertz CT molecular complexity index is 691. The molecule has 0 aliphatic rings. The van der Waals surface area contributed by atoms with Crippen molar-refractivity contribution in [3.63, 3.8) is 0 Å². The molecule has 0 spiro atoms. The van der Waals surface area contributed by atoms with Crippen LogP contribution in [-0.2, 0) is 0 Å². The lowest BCUT2D eigenvalue weighted by Gasteiger charge is -2.10. The zero-order valence-corrected chi connectivity index (χ0v) is 10.7. The van der Waals surface area contributed by atoms with E-state index in [1.54, 1.807) is 0 Å². The number of carbonyl (C=O) groups is 2. The second-order valence-corrected chi connectivity index (χ2v) is 4.17. The largest absolute Gasteiger partial charge is 0.478 e. The second kappa shape index (κ2) is 5.66. The molecule has 2 N–H and O–H groups in total. The van der Waals surface area contributed by atoms with Crippen molar-refractivity contribution >= 4 is 29.2 Å². The summed E-state index contributed by atoms with van der Waals surface area (Å²) in [5.74, 6) is -3.03. The summed E-state index contributed by atoms with van der Waals surface area (Å²) in [6, 6.07) is 6.76. The predicted molar refractivity (Wildman–Crippen MR) is 70.6 cm³/mol. The van der Waals surface area contributed by atoms with Crippen LogP contribution in [0.4, 0.5) is 10.1 Å². The molecule has 0 unspecified atom stereocenters. The zero-order valence-electron chi connectivity index (χ0n) is 9.93. The zero-order chi connectivity index (χ0) is 14.7. The first-order valence-corrected chi connectivity index (χ1v) is 5.82. The average molecular weight is 295 g/mol. The predicted octanol–water partition coefficient (Wildman–Crippen LogP) is 2.82. The molecule has 0 atom stereocenters. The molecule has 2 aromatic rings. The van der Waals surface area contributed by atoms with E-state index in [1.807, 2.05) is 0 Å². The molecule has 102 valence electrons. The van der Waals surface area contributed by atoms with Crippen LogP contribution < -0.4 is 5.32 Å². The van der Waals surface area contributed by atoms with E-state index < -0.39 is 17.8 Å². The fraction of sp³-hybridized carbons (Fsp3) is 0. The maximum absolute atomic E-state index is 13.4. The highest BCUT2D eigenvalue weighted by Crippen LogP contribution is 2.26. The first-order chi connectivity index (χ1) is 9.50. The fourth-order valence-electron chi connectivity index (χ4n) is 1.57. The smallest absolute Gasteiger partial charge is 0.337 e. The van der Waals surface area contributed by atoms with E-state index in [2.05, 4.69) is 10.3 Å². The third kappa shape index (κ3) is 2.75. The summed E-state index contributed by atoms with van der Waals surface area (Å²) in [6.07, 6.45) is 1.20. The molecule has 0 aliphatic carbocycles. The Morgan fingerprint density at radius 2 is 1.90 bits per heavy atom. The van der Waals surface area contributed by atoms with Crippen LogP contribution in [0.3, 0.4) is 0 Å². The maximum Gasteiger partial charge on any atom is 0.337 e. The van der Waals surface area contributed by atoms with Crippen LogP contribution in [0.1, 0.15) is 20.7 Å². The summed E-state index contributed by atoms with van der Waals surface area (Å²) in [6.45, 7) is 0. The number of amides is 1. The number of nitrogens with zero attached hydrogens (tertiary/aromatic N) is 1. The number of benzene rings is 1.